The lowest BCUT2D eigenvalue weighted by atomic mass is 10.2. The molecule has 27 heavy (non-hydrogen) atoms. The predicted octanol–water partition coefficient (Wildman–Crippen LogP) is 2.25. The summed E-state index contributed by atoms with van der Waals surface area (Å²) in [7, 11) is -3.92. The predicted molar refractivity (Wildman–Crippen MR) is 90.3 cm³/mol. The van der Waals surface area contributed by atoms with Crippen molar-refractivity contribution >= 4 is 15.9 Å². The van der Waals surface area contributed by atoms with Gasteiger partial charge in [-0.2, -0.15) is 17.5 Å². The van der Waals surface area contributed by atoms with Crippen LogP contribution in [0.15, 0.2) is 53.7 Å². The fraction of sp³-hybridized carbons (Fsp3) is 0.294. The van der Waals surface area contributed by atoms with Crippen molar-refractivity contribution in [2.24, 2.45) is 0 Å². The van der Waals surface area contributed by atoms with Gasteiger partial charge in [-0.3, -0.25) is 9.78 Å². The molecule has 1 aliphatic rings. The summed E-state index contributed by atoms with van der Waals surface area (Å²) in [5.74, 6) is -0.219. The number of aromatic nitrogens is 1. The molecule has 0 radical (unpaired) electrons. The standard InChI is InChI=1S/C17H16F3N3O3S/c18-17(19,20)14-1-3-15(4-2-14)27(25,26)23-11-9-22(10-12-23)16(24)13-5-7-21-8-6-13/h1-8H,9-12H2. The summed E-state index contributed by atoms with van der Waals surface area (Å²) in [5.41, 5.74) is -0.446. The number of carbonyl (C=O) groups excluding carboxylic acids is 1. The Morgan fingerprint density at radius 1 is 0.926 bits per heavy atom. The lowest BCUT2D eigenvalue weighted by Crippen LogP contribution is -2.50. The van der Waals surface area contributed by atoms with Crippen molar-refractivity contribution < 1.29 is 26.4 Å². The van der Waals surface area contributed by atoms with Gasteiger partial charge in [0.1, 0.15) is 0 Å². The zero-order chi connectivity index (χ0) is 19.7. The average molecular weight is 399 g/mol. The molecule has 1 aromatic carbocycles. The van der Waals surface area contributed by atoms with Crippen LogP contribution in [-0.4, -0.2) is 54.7 Å². The molecule has 1 fully saturated rings. The van der Waals surface area contributed by atoms with Gasteiger partial charge < -0.3 is 4.90 Å². The molecule has 0 saturated carbocycles. The van der Waals surface area contributed by atoms with Crippen molar-refractivity contribution in [1.29, 1.82) is 0 Å². The molecule has 0 atom stereocenters. The van der Waals surface area contributed by atoms with Crippen molar-refractivity contribution in [3.05, 3.63) is 59.9 Å². The Morgan fingerprint density at radius 3 is 2.00 bits per heavy atom. The molecule has 3 rings (SSSR count). The van der Waals surface area contributed by atoms with E-state index in [0.717, 1.165) is 24.3 Å². The van der Waals surface area contributed by atoms with E-state index in [1.807, 2.05) is 0 Å². The number of pyridine rings is 1. The van der Waals surface area contributed by atoms with E-state index in [1.54, 1.807) is 12.1 Å². The van der Waals surface area contributed by atoms with Crippen LogP contribution in [0.2, 0.25) is 0 Å². The number of carbonyl (C=O) groups is 1. The molecule has 6 nitrogen and oxygen atoms in total. The van der Waals surface area contributed by atoms with Crippen LogP contribution in [0.5, 0.6) is 0 Å². The molecule has 0 unspecified atom stereocenters. The van der Waals surface area contributed by atoms with Gasteiger partial charge in [-0.1, -0.05) is 0 Å². The summed E-state index contributed by atoms with van der Waals surface area (Å²) in [5, 5.41) is 0. The van der Waals surface area contributed by atoms with Crippen molar-refractivity contribution in [2.75, 3.05) is 26.2 Å². The number of hydrogen-bond donors (Lipinski definition) is 0. The fourth-order valence-corrected chi connectivity index (χ4v) is 4.20. The lowest BCUT2D eigenvalue weighted by Gasteiger charge is -2.34. The van der Waals surface area contributed by atoms with Crippen LogP contribution in [0.3, 0.4) is 0 Å². The van der Waals surface area contributed by atoms with Gasteiger partial charge in [-0.15, -0.1) is 0 Å². The summed E-state index contributed by atoms with van der Waals surface area (Å²) >= 11 is 0. The molecule has 144 valence electrons. The Hall–Kier alpha value is -2.46. The topological polar surface area (TPSA) is 70.6 Å². The normalized spacial score (nSPS) is 16.3. The quantitative estimate of drug-likeness (QED) is 0.794. The highest BCUT2D eigenvalue weighted by molar-refractivity contribution is 7.89. The van der Waals surface area contributed by atoms with E-state index < -0.39 is 21.8 Å². The smallest absolute Gasteiger partial charge is 0.336 e. The minimum absolute atomic E-state index is 0.0696. The molecular weight excluding hydrogens is 383 g/mol. The van der Waals surface area contributed by atoms with E-state index in [9.17, 15) is 26.4 Å². The van der Waals surface area contributed by atoms with Crippen LogP contribution < -0.4 is 0 Å². The Morgan fingerprint density at radius 2 is 1.48 bits per heavy atom. The van der Waals surface area contributed by atoms with Gasteiger partial charge in [0.05, 0.1) is 10.5 Å². The van der Waals surface area contributed by atoms with Crippen LogP contribution in [0.1, 0.15) is 15.9 Å². The molecule has 0 aliphatic carbocycles. The van der Waals surface area contributed by atoms with Crippen LogP contribution in [0.4, 0.5) is 13.2 Å². The van der Waals surface area contributed by atoms with Gasteiger partial charge in [-0.25, -0.2) is 8.42 Å². The lowest BCUT2D eigenvalue weighted by molar-refractivity contribution is -0.137. The van der Waals surface area contributed by atoms with Crippen molar-refractivity contribution in [2.45, 2.75) is 11.1 Å². The molecule has 2 aromatic rings. The molecule has 1 saturated heterocycles. The maximum Gasteiger partial charge on any atom is 0.416 e. The highest BCUT2D eigenvalue weighted by atomic mass is 32.2. The zero-order valence-corrected chi connectivity index (χ0v) is 14.9. The number of sulfonamides is 1. The number of piperazine rings is 1. The average Bonchev–Trinajstić information content (AvgIpc) is 2.67. The van der Waals surface area contributed by atoms with Crippen molar-refractivity contribution in [1.82, 2.24) is 14.2 Å². The SMILES string of the molecule is O=C(c1ccncc1)N1CCN(S(=O)(=O)c2ccc(C(F)(F)F)cc2)CC1. The number of hydrogen-bond acceptors (Lipinski definition) is 4. The summed E-state index contributed by atoms with van der Waals surface area (Å²) in [4.78, 5) is 17.6. The minimum atomic E-state index is -4.53. The second-order valence-corrected chi connectivity index (χ2v) is 7.89. The van der Waals surface area contributed by atoms with Crippen LogP contribution in [0.25, 0.3) is 0 Å². The van der Waals surface area contributed by atoms with Crippen molar-refractivity contribution in [3.8, 4) is 0 Å². The minimum Gasteiger partial charge on any atom is -0.336 e. The van der Waals surface area contributed by atoms with Crippen LogP contribution in [-0.2, 0) is 16.2 Å². The van der Waals surface area contributed by atoms with Crippen LogP contribution >= 0.6 is 0 Å². The van der Waals surface area contributed by atoms with Gasteiger partial charge in [0.25, 0.3) is 5.91 Å². The first-order chi connectivity index (χ1) is 12.7. The summed E-state index contributed by atoms with van der Waals surface area (Å²) in [6.07, 6.45) is -1.53. The van der Waals surface area contributed by atoms with E-state index in [2.05, 4.69) is 4.98 Å². The molecule has 0 N–H and O–H groups in total. The largest absolute Gasteiger partial charge is 0.416 e. The number of alkyl halides is 3. The highest BCUT2D eigenvalue weighted by Gasteiger charge is 2.33. The number of halogens is 3. The third-order valence-electron chi connectivity index (χ3n) is 4.27. The third kappa shape index (κ3) is 4.11. The summed E-state index contributed by atoms with van der Waals surface area (Å²) in [6.45, 7) is 0.530. The van der Waals surface area contributed by atoms with Crippen LogP contribution in [0, 0.1) is 0 Å². The number of benzene rings is 1. The molecule has 1 aliphatic heterocycles. The summed E-state index contributed by atoms with van der Waals surface area (Å²) < 4.78 is 64.3. The van der Waals surface area contributed by atoms with E-state index in [-0.39, 0.29) is 37.0 Å². The molecule has 2 heterocycles. The Labute approximate surface area is 154 Å². The first-order valence-corrected chi connectivity index (χ1v) is 9.50. The fourth-order valence-electron chi connectivity index (χ4n) is 2.77. The summed E-state index contributed by atoms with van der Waals surface area (Å²) in [6, 6.07) is 6.55. The number of amides is 1. The van der Waals surface area contributed by atoms with E-state index in [4.69, 9.17) is 0 Å². The monoisotopic (exact) mass is 399 g/mol. The second-order valence-electron chi connectivity index (χ2n) is 5.95. The van der Waals surface area contributed by atoms with Gasteiger partial charge in [0.2, 0.25) is 10.0 Å². The first-order valence-electron chi connectivity index (χ1n) is 8.06. The molecule has 10 heteroatoms. The zero-order valence-electron chi connectivity index (χ0n) is 14.1. The molecule has 0 spiro atoms. The van der Waals surface area contributed by atoms with Crippen molar-refractivity contribution in [3.63, 3.8) is 0 Å². The number of rotatable bonds is 3. The Kier molecular flexibility index (Phi) is 5.20. The maximum absolute atomic E-state index is 12.6. The third-order valence-corrected chi connectivity index (χ3v) is 6.19. The van der Waals surface area contributed by atoms with Gasteiger partial charge in [0.15, 0.2) is 0 Å². The Bertz CT molecular complexity index is 908. The number of nitrogens with zero attached hydrogens (tertiary/aromatic N) is 3. The first kappa shape index (κ1) is 19.3. The molecule has 1 amide bonds. The highest BCUT2D eigenvalue weighted by Crippen LogP contribution is 2.30. The van der Waals surface area contributed by atoms with Gasteiger partial charge >= 0.3 is 6.18 Å². The van der Waals surface area contributed by atoms with E-state index >= 15 is 0 Å². The Balaban J connectivity index is 1.69. The van der Waals surface area contributed by atoms with E-state index in [0.29, 0.717) is 5.56 Å². The molecule has 1 aromatic heterocycles. The second kappa shape index (κ2) is 7.28. The van der Waals surface area contributed by atoms with E-state index in [1.165, 1.54) is 21.6 Å². The molecule has 0 bridgehead atoms. The van der Waals surface area contributed by atoms with Gasteiger partial charge in [0, 0.05) is 44.1 Å². The molecular formula is C17H16F3N3O3S. The maximum atomic E-state index is 12.6. The van der Waals surface area contributed by atoms with Gasteiger partial charge in [-0.05, 0) is 36.4 Å².